The van der Waals surface area contributed by atoms with E-state index in [-0.39, 0.29) is 12.5 Å². The largest absolute Gasteiger partial charge is 0.496 e. The third kappa shape index (κ3) is 3.16. The molecule has 1 unspecified atom stereocenters. The normalized spacial score (nSPS) is 17.3. The molecule has 1 N–H and O–H groups in total. The molecule has 1 atom stereocenters. The van der Waals surface area contributed by atoms with Gasteiger partial charge in [0.05, 0.1) is 33.0 Å². The topological polar surface area (TPSA) is 76.8 Å². The van der Waals surface area contributed by atoms with E-state index in [0.717, 1.165) is 41.8 Å². The van der Waals surface area contributed by atoms with Crippen molar-refractivity contribution in [1.82, 2.24) is 14.7 Å². The fraction of sp³-hybridized carbons (Fsp3) is 0.333. The molecule has 0 bridgehead atoms. The molecule has 7 heteroatoms. The van der Waals surface area contributed by atoms with Crippen molar-refractivity contribution in [3.63, 3.8) is 0 Å². The number of aromatic nitrogens is 2. The Kier molecular flexibility index (Phi) is 4.90. The molecule has 1 aliphatic heterocycles. The van der Waals surface area contributed by atoms with E-state index in [4.69, 9.17) is 14.6 Å². The Bertz CT molecular complexity index is 1140. The van der Waals surface area contributed by atoms with Gasteiger partial charge >= 0.3 is 0 Å². The lowest BCUT2D eigenvalue weighted by atomic mass is 9.94. The standard InChI is InChI=1S/C24H25N3O4/c1-30-20-11-12-21(31-2)22-17(20)13-26(14-19(22)28)24(29)23-16-9-6-10-18(16)27(25-23)15-7-4-3-5-8-15/h3-5,7-8,11-12,19,28H,6,9-10,13-14H2,1-2H3. The number of aliphatic hydroxyl groups excluding tert-OH is 1. The van der Waals surface area contributed by atoms with Gasteiger partial charge in [-0.1, -0.05) is 18.2 Å². The van der Waals surface area contributed by atoms with E-state index in [1.165, 1.54) is 0 Å². The average molecular weight is 419 g/mol. The van der Waals surface area contributed by atoms with Crippen LogP contribution in [0.4, 0.5) is 0 Å². The predicted octanol–water partition coefficient (Wildman–Crippen LogP) is 3.07. The number of para-hydroxylation sites is 1. The number of hydrogen-bond donors (Lipinski definition) is 1. The van der Waals surface area contributed by atoms with Crippen molar-refractivity contribution in [2.24, 2.45) is 0 Å². The Balaban J connectivity index is 1.53. The van der Waals surface area contributed by atoms with E-state index in [0.29, 0.717) is 29.3 Å². The monoisotopic (exact) mass is 419 g/mol. The summed E-state index contributed by atoms with van der Waals surface area (Å²) < 4.78 is 12.8. The van der Waals surface area contributed by atoms with Crippen LogP contribution < -0.4 is 9.47 Å². The minimum absolute atomic E-state index is 0.164. The summed E-state index contributed by atoms with van der Waals surface area (Å²) in [6.45, 7) is 0.515. The van der Waals surface area contributed by atoms with Gasteiger partial charge in [-0.2, -0.15) is 5.10 Å². The van der Waals surface area contributed by atoms with Crippen molar-refractivity contribution in [2.45, 2.75) is 31.9 Å². The molecule has 160 valence electrons. The SMILES string of the molecule is COc1ccc(OC)c2c1CN(C(=O)c1nn(-c3ccccc3)c3c1CCC3)CC2O. The molecule has 0 radical (unpaired) electrons. The Morgan fingerprint density at radius 2 is 1.77 bits per heavy atom. The second-order valence-electron chi connectivity index (χ2n) is 7.94. The van der Waals surface area contributed by atoms with Crippen molar-refractivity contribution >= 4 is 5.91 Å². The number of carbonyl (C=O) groups excluding carboxylic acids is 1. The lowest BCUT2D eigenvalue weighted by molar-refractivity contribution is 0.0532. The first-order valence-corrected chi connectivity index (χ1v) is 10.5. The molecule has 1 aliphatic carbocycles. The highest BCUT2D eigenvalue weighted by molar-refractivity contribution is 5.94. The maximum absolute atomic E-state index is 13.6. The molecule has 5 rings (SSSR count). The molecule has 1 aromatic heterocycles. The number of aliphatic hydroxyl groups is 1. The highest BCUT2D eigenvalue weighted by Crippen LogP contribution is 2.40. The molecule has 2 aromatic carbocycles. The van der Waals surface area contributed by atoms with Crippen LogP contribution in [-0.4, -0.2) is 46.5 Å². The third-order valence-corrected chi connectivity index (χ3v) is 6.21. The molecule has 0 saturated heterocycles. The Morgan fingerprint density at radius 3 is 2.52 bits per heavy atom. The number of ether oxygens (including phenoxy) is 2. The van der Waals surface area contributed by atoms with Crippen molar-refractivity contribution in [2.75, 3.05) is 20.8 Å². The molecule has 0 saturated carbocycles. The minimum atomic E-state index is -0.859. The van der Waals surface area contributed by atoms with E-state index >= 15 is 0 Å². The second kappa shape index (κ2) is 7.74. The summed E-state index contributed by atoms with van der Waals surface area (Å²) in [5.41, 5.74) is 5.02. The highest BCUT2D eigenvalue weighted by atomic mass is 16.5. The number of hydrogen-bond acceptors (Lipinski definition) is 5. The van der Waals surface area contributed by atoms with E-state index in [1.54, 1.807) is 31.3 Å². The first-order valence-electron chi connectivity index (χ1n) is 10.5. The summed E-state index contributed by atoms with van der Waals surface area (Å²) in [4.78, 5) is 15.2. The van der Waals surface area contributed by atoms with Crippen molar-refractivity contribution in [3.05, 3.63) is 70.5 Å². The quantitative estimate of drug-likeness (QED) is 0.703. The van der Waals surface area contributed by atoms with Crippen LogP contribution in [0.15, 0.2) is 42.5 Å². The fourth-order valence-corrected chi connectivity index (χ4v) is 4.77. The molecule has 0 spiro atoms. The highest BCUT2D eigenvalue weighted by Gasteiger charge is 2.35. The van der Waals surface area contributed by atoms with E-state index < -0.39 is 6.10 Å². The Hall–Kier alpha value is -3.32. The van der Waals surface area contributed by atoms with Gasteiger partial charge in [0.15, 0.2) is 5.69 Å². The number of benzene rings is 2. The van der Waals surface area contributed by atoms with Gasteiger partial charge in [-0.3, -0.25) is 4.79 Å². The molecule has 7 nitrogen and oxygen atoms in total. The van der Waals surface area contributed by atoms with Crippen LogP contribution in [0.3, 0.4) is 0 Å². The van der Waals surface area contributed by atoms with Crippen molar-refractivity contribution in [1.29, 1.82) is 0 Å². The predicted molar refractivity (Wildman–Crippen MR) is 115 cm³/mol. The molecular weight excluding hydrogens is 394 g/mol. The number of methoxy groups -OCH3 is 2. The fourth-order valence-electron chi connectivity index (χ4n) is 4.77. The van der Waals surface area contributed by atoms with E-state index in [9.17, 15) is 9.90 Å². The smallest absolute Gasteiger partial charge is 0.275 e. The van der Waals surface area contributed by atoms with Crippen LogP contribution in [-0.2, 0) is 19.4 Å². The minimum Gasteiger partial charge on any atom is -0.496 e. The summed E-state index contributed by atoms with van der Waals surface area (Å²) in [5, 5.41) is 15.6. The zero-order valence-electron chi connectivity index (χ0n) is 17.7. The second-order valence-corrected chi connectivity index (χ2v) is 7.94. The summed E-state index contributed by atoms with van der Waals surface area (Å²) in [6.07, 6.45) is 1.90. The number of rotatable bonds is 4. The van der Waals surface area contributed by atoms with Crippen LogP contribution in [0.1, 0.15) is 45.4 Å². The third-order valence-electron chi connectivity index (χ3n) is 6.21. The van der Waals surface area contributed by atoms with Gasteiger partial charge in [-0.15, -0.1) is 0 Å². The first kappa shape index (κ1) is 19.6. The van der Waals surface area contributed by atoms with Crippen LogP contribution in [0.25, 0.3) is 5.69 Å². The van der Waals surface area contributed by atoms with Crippen molar-refractivity contribution < 1.29 is 19.4 Å². The van der Waals surface area contributed by atoms with Gasteiger partial charge in [-0.05, 0) is 43.5 Å². The molecule has 31 heavy (non-hydrogen) atoms. The zero-order chi connectivity index (χ0) is 21.5. The molecule has 2 heterocycles. The van der Waals surface area contributed by atoms with Crippen LogP contribution in [0, 0.1) is 0 Å². The summed E-state index contributed by atoms with van der Waals surface area (Å²) in [6, 6.07) is 13.5. The van der Waals surface area contributed by atoms with Crippen LogP contribution in [0.5, 0.6) is 11.5 Å². The lowest BCUT2D eigenvalue weighted by Gasteiger charge is -2.33. The Labute approximate surface area is 180 Å². The van der Waals surface area contributed by atoms with Gasteiger partial charge in [0, 0.05) is 22.4 Å². The number of fused-ring (bicyclic) bond motifs is 2. The van der Waals surface area contributed by atoms with E-state index in [2.05, 4.69) is 0 Å². The number of β-amino-alcohol motifs (C(OH)–C–C–N with tert-alkyl or cyclic N) is 1. The average Bonchev–Trinajstić information content (AvgIpc) is 3.41. The first-order chi connectivity index (χ1) is 15.1. The molecular formula is C24H25N3O4. The van der Waals surface area contributed by atoms with Gasteiger partial charge in [0.1, 0.15) is 17.6 Å². The van der Waals surface area contributed by atoms with Crippen LogP contribution >= 0.6 is 0 Å². The van der Waals surface area contributed by atoms with Gasteiger partial charge in [-0.25, -0.2) is 4.68 Å². The maximum atomic E-state index is 13.6. The van der Waals surface area contributed by atoms with Gasteiger partial charge in [0.2, 0.25) is 0 Å². The lowest BCUT2D eigenvalue weighted by Crippen LogP contribution is -2.39. The molecule has 3 aromatic rings. The van der Waals surface area contributed by atoms with Gasteiger partial charge < -0.3 is 19.5 Å². The summed E-state index contributed by atoms with van der Waals surface area (Å²) in [5.74, 6) is 1.07. The van der Waals surface area contributed by atoms with Gasteiger partial charge in [0.25, 0.3) is 5.91 Å². The molecule has 2 aliphatic rings. The maximum Gasteiger partial charge on any atom is 0.275 e. The number of nitrogens with zero attached hydrogens (tertiary/aromatic N) is 3. The van der Waals surface area contributed by atoms with E-state index in [1.807, 2.05) is 35.0 Å². The van der Waals surface area contributed by atoms with Crippen molar-refractivity contribution in [3.8, 4) is 17.2 Å². The summed E-state index contributed by atoms with van der Waals surface area (Å²) in [7, 11) is 3.16. The number of amides is 1. The number of carbonyl (C=O) groups is 1. The van der Waals surface area contributed by atoms with Crippen LogP contribution in [0.2, 0.25) is 0 Å². The molecule has 1 amide bonds. The molecule has 0 fully saturated rings. The summed E-state index contributed by atoms with van der Waals surface area (Å²) >= 11 is 0. The zero-order valence-corrected chi connectivity index (χ0v) is 17.7. The Morgan fingerprint density at radius 1 is 1.03 bits per heavy atom.